The number of hydrogen-bond donors (Lipinski definition) is 1. The van der Waals surface area contributed by atoms with Crippen molar-refractivity contribution in [2.75, 3.05) is 13.2 Å². The molecule has 1 aliphatic heterocycles. The Bertz CT molecular complexity index is 791. The Labute approximate surface area is 136 Å². The fraction of sp³-hybridized carbons (Fsp3) is 0.471. The van der Waals surface area contributed by atoms with Gasteiger partial charge in [-0.2, -0.15) is 0 Å². The van der Waals surface area contributed by atoms with E-state index in [-0.39, 0.29) is 11.2 Å². The summed E-state index contributed by atoms with van der Waals surface area (Å²) in [6, 6.07) is 2.75. The predicted molar refractivity (Wildman–Crippen MR) is 87.0 cm³/mol. The van der Waals surface area contributed by atoms with Gasteiger partial charge in [-0.15, -0.1) is 0 Å². The minimum atomic E-state index is -0.384. The summed E-state index contributed by atoms with van der Waals surface area (Å²) in [6.45, 7) is 1.47. The number of halogens is 2. The van der Waals surface area contributed by atoms with Gasteiger partial charge in [-0.1, -0.05) is 0 Å². The number of pyridine rings is 1. The van der Waals surface area contributed by atoms with E-state index in [1.807, 2.05) is 0 Å². The molecule has 0 unspecified atom stereocenters. The van der Waals surface area contributed by atoms with Crippen LogP contribution in [0.5, 0.6) is 0 Å². The highest BCUT2D eigenvalue weighted by molar-refractivity contribution is 9.10. The van der Waals surface area contributed by atoms with E-state index in [0.29, 0.717) is 27.2 Å². The van der Waals surface area contributed by atoms with Crippen LogP contribution in [0.25, 0.3) is 10.9 Å². The van der Waals surface area contributed by atoms with Gasteiger partial charge in [-0.25, -0.2) is 4.39 Å². The van der Waals surface area contributed by atoms with Crippen LogP contribution in [-0.2, 0) is 4.74 Å². The van der Waals surface area contributed by atoms with Gasteiger partial charge in [0.05, 0.1) is 5.52 Å². The molecular weight excluding hydrogens is 349 g/mol. The summed E-state index contributed by atoms with van der Waals surface area (Å²) in [5.74, 6) is 0.289. The van der Waals surface area contributed by atoms with Crippen LogP contribution in [0.2, 0.25) is 0 Å². The van der Waals surface area contributed by atoms with Gasteiger partial charge in [0.2, 0.25) is 0 Å². The highest BCUT2D eigenvalue weighted by atomic mass is 79.9. The van der Waals surface area contributed by atoms with E-state index in [9.17, 15) is 9.18 Å². The minimum Gasteiger partial charge on any atom is -0.381 e. The zero-order valence-electron chi connectivity index (χ0n) is 12.1. The molecule has 1 saturated carbocycles. The molecule has 2 fully saturated rings. The lowest BCUT2D eigenvalue weighted by molar-refractivity contribution is 0.0843. The molecule has 0 amide bonds. The van der Waals surface area contributed by atoms with Crippen LogP contribution in [0.15, 0.2) is 21.4 Å². The standard InChI is InChI=1S/C17H17BrFNO2/c18-13-8-11(19)7-12-16(13)20-15(10-3-5-22-6-4-10)14(17(12)21)9-1-2-9/h7-10H,1-6H2,(H,20,21). The van der Waals surface area contributed by atoms with Gasteiger partial charge in [0.1, 0.15) is 5.82 Å². The van der Waals surface area contributed by atoms with Crippen molar-refractivity contribution >= 4 is 26.8 Å². The van der Waals surface area contributed by atoms with Crippen LogP contribution in [0.3, 0.4) is 0 Å². The van der Waals surface area contributed by atoms with Crippen LogP contribution in [0.4, 0.5) is 4.39 Å². The molecule has 1 saturated heterocycles. The Balaban J connectivity index is 1.98. The molecule has 3 nitrogen and oxygen atoms in total. The molecule has 5 heteroatoms. The second-order valence-corrected chi connectivity index (χ2v) is 7.11. The van der Waals surface area contributed by atoms with Gasteiger partial charge in [-0.05, 0) is 59.7 Å². The highest BCUT2D eigenvalue weighted by Crippen LogP contribution is 2.43. The third-order valence-corrected chi connectivity index (χ3v) is 5.33. The fourth-order valence-electron chi connectivity index (χ4n) is 3.43. The molecule has 2 heterocycles. The lowest BCUT2D eigenvalue weighted by Crippen LogP contribution is -2.21. The van der Waals surface area contributed by atoms with Gasteiger partial charge in [0.15, 0.2) is 5.43 Å². The topological polar surface area (TPSA) is 42.1 Å². The van der Waals surface area contributed by atoms with E-state index in [1.54, 1.807) is 0 Å². The summed E-state index contributed by atoms with van der Waals surface area (Å²) in [7, 11) is 0. The Hall–Kier alpha value is -1.20. The van der Waals surface area contributed by atoms with Gasteiger partial charge in [-0.3, -0.25) is 4.79 Å². The number of aromatic amines is 1. The zero-order chi connectivity index (χ0) is 15.3. The number of fused-ring (bicyclic) bond motifs is 1. The molecule has 0 radical (unpaired) electrons. The first-order chi connectivity index (χ1) is 10.6. The van der Waals surface area contributed by atoms with Crippen molar-refractivity contribution in [1.29, 1.82) is 0 Å². The predicted octanol–water partition coefficient (Wildman–Crippen LogP) is 4.20. The van der Waals surface area contributed by atoms with Crippen LogP contribution in [-0.4, -0.2) is 18.2 Å². The van der Waals surface area contributed by atoms with Crippen molar-refractivity contribution in [1.82, 2.24) is 4.98 Å². The minimum absolute atomic E-state index is 0.00191. The Morgan fingerprint density at radius 3 is 2.55 bits per heavy atom. The smallest absolute Gasteiger partial charge is 0.193 e. The lowest BCUT2D eigenvalue weighted by atomic mass is 9.90. The van der Waals surface area contributed by atoms with Crippen molar-refractivity contribution in [3.05, 3.63) is 43.9 Å². The van der Waals surface area contributed by atoms with Crippen molar-refractivity contribution < 1.29 is 9.13 Å². The molecule has 1 aliphatic carbocycles. The number of aromatic nitrogens is 1. The SMILES string of the molecule is O=c1c(C2CC2)c(C2CCOCC2)[nH]c2c(Br)cc(F)cc12. The Morgan fingerprint density at radius 2 is 1.86 bits per heavy atom. The Morgan fingerprint density at radius 1 is 1.14 bits per heavy atom. The maximum absolute atomic E-state index is 13.7. The quantitative estimate of drug-likeness (QED) is 0.866. The summed E-state index contributed by atoms with van der Waals surface area (Å²) >= 11 is 3.38. The third-order valence-electron chi connectivity index (χ3n) is 4.71. The average Bonchev–Trinajstić information content (AvgIpc) is 3.33. The highest BCUT2D eigenvalue weighted by Gasteiger charge is 2.33. The van der Waals surface area contributed by atoms with Gasteiger partial charge in [0, 0.05) is 40.2 Å². The van der Waals surface area contributed by atoms with E-state index in [0.717, 1.165) is 50.2 Å². The first-order valence-corrected chi connectivity index (χ1v) is 8.57. The second-order valence-electron chi connectivity index (χ2n) is 6.25. The molecule has 1 N–H and O–H groups in total. The fourth-order valence-corrected chi connectivity index (χ4v) is 3.97. The molecular formula is C17H17BrFNO2. The number of hydrogen-bond acceptors (Lipinski definition) is 2. The zero-order valence-corrected chi connectivity index (χ0v) is 13.7. The molecule has 1 aromatic carbocycles. The summed E-state index contributed by atoms with van der Waals surface area (Å²) < 4.78 is 19.7. The second kappa shape index (κ2) is 5.46. The van der Waals surface area contributed by atoms with Crippen molar-refractivity contribution in [2.24, 2.45) is 0 Å². The molecule has 2 aromatic rings. The number of ether oxygens (including phenoxy) is 1. The van der Waals surface area contributed by atoms with E-state index in [1.165, 1.54) is 12.1 Å². The summed E-state index contributed by atoms with van der Waals surface area (Å²) in [6.07, 6.45) is 3.97. The van der Waals surface area contributed by atoms with E-state index in [2.05, 4.69) is 20.9 Å². The lowest BCUT2D eigenvalue weighted by Gasteiger charge is -2.25. The summed E-state index contributed by atoms with van der Waals surface area (Å²) in [5, 5.41) is 0.449. The molecule has 22 heavy (non-hydrogen) atoms. The number of H-pyrrole nitrogens is 1. The molecule has 4 rings (SSSR count). The largest absolute Gasteiger partial charge is 0.381 e. The van der Waals surface area contributed by atoms with Crippen LogP contribution in [0.1, 0.15) is 48.8 Å². The third kappa shape index (κ3) is 2.40. The van der Waals surface area contributed by atoms with Crippen molar-refractivity contribution in [2.45, 2.75) is 37.5 Å². The van der Waals surface area contributed by atoms with Crippen LogP contribution in [0, 0.1) is 5.82 Å². The van der Waals surface area contributed by atoms with Crippen molar-refractivity contribution in [3.63, 3.8) is 0 Å². The molecule has 2 aliphatic rings. The molecule has 116 valence electrons. The van der Waals surface area contributed by atoms with E-state index >= 15 is 0 Å². The maximum Gasteiger partial charge on any atom is 0.193 e. The summed E-state index contributed by atoms with van der Waals surface area (Å²) in [5.41, 5.74) is 2.64. The van der Waals surface area contributed by atoms with Crippen LogP contribution < -0.4 is 5.43 Å². The number of benzene rings is 1. The van der Waals surface area contributed by atoms with Gasteiger partial charge in [0.25, 0.3) is 0 Å². The van der Waals surface area contributed by atoms with E-state index < -0.39 is 0 Å². The van der Waals surface area contributed by atoms with Crippen molar-refractivity contribution in [3.8, 4) is 0 Å². The monoisotopic (exact) mass is 365 g/mol. The summed E-state index contributed by atoms with van der Waals surface area (Å²) in [4.78, 5) is 16.4. The Kier molecular flexibility index (Phi) is 3.57. The molecule has 0 atom stereocenters. The molecule has 0 bridgehead atoms. The van der Waals surface area contributed by atoms with Gasteiger partial charge >= 0.3 is 0 Å². The normalized spacial score (nSPS) is 19.7. The number of nitrogens with one attached hydrogen (secondary N) is 1. The maximum atomic E-state index is 13.7. The first kappa shape index (κ1) is 14.4. The molecule has 1 aromatic heterocycles. The first-order valence-electron chi connectivity index (χ1n) is 7.77. The van der Waals surface area contributed by atoms with Gasteiger partial charge < -0.3 is 9.72 Å². The van der Waals surface area contributed by atoms with Crippen LogP contribution >= 0.6 is 15.9 Å². The average molecular weight is 366 g/mol. The van der Waals surface area contributed by atoms with E-state index in [4.69, 9.17) is 4.74 Å². The number of rotatable bonds is 2. The molecule has 0 spiro atoms.